The number of alkyl halides is 3. The van der Waals surface area contributed by atoms with Crippen LogP contribution in [0.5, 0.6) is 5.88 Å². The third-order valence-corrected chi connectivity index (χ3v) is 5.37. The van der Waals surface area contributed by atoms with E-state index < -0.39 is 11.7 Å². The number of halogens is 3. The van der Waals surface area contributed by atoms with Gasteiger partial charge in [0.25, 0.3) is 5.89 Å². The smallest absolute Gasteiger partial charge is 0.417 e. The van der Waals surface area contributed by atoms with E-state index in [9.17, 15) is 13.2 Å². The highest BCUT2D eigenvalue weighted by atomic mass is 19.4. The van der Waals surface area contributed by atoms with Crippen LogP contribution in [-0.2, 0) is 32.8 Å². The summed E-state index contributed by atoms with van der Waals surface area (Å²) in [5.74, 6) is 0.679. The van der Waals surface area contributed by atoms with Gasteiger partial charge in [-0.3, -0.25) is 4.68 Å². The average Bonchev–Trinajstić information content (AvgIpc) is 3.63. The summed E-state index contributed by atoms with van der Waals surface area (Å²) in [5.41, 5.74) is 2.15. The third-order valence-electron chi connectivity index (χ3n) is 5.37. The van der Waals surface area contributed by atoms with Crippen LogP contribution in [0.3, 0.4) is 0 Å². The molecule has 5 rings (SSSR count). The molecule has 0 atom stereocenters. The molecule has 0 amide bonds. The van der Waals surface area contributed by atoms with E-state index in [4.69, 9.17) is 9.26 Å². The van der Waals surface area contributed by atoms with Crippen molar-refractivity contribution in [3.05, 3.63) is 71.9 Å². The highest BCUT2D eigenvalue weighted by molar-refractivity contribution is 5.61. The zero-order valence-electron chi connectivity index (χ0n) is 18.8. The van der Waals surface area contributed by atoms with Crippen LogP contribution in [0.1, 0.15) is 16.8 Å². The largest absolute Gasteiger partial charge is 0.471 e. The first-order valence-electron chi connectivity index (χ1n) is 10.7. The molecule has 0 aliphatic heterocycles. The van der Waals surface area contributed by atoms with Crippen LogP contribution in [0.25, 0.3) is 22.8 Å². The Hall–Kier alpha value is -4.62. The van der Waals surface area contributed by atoms with Gasteiger partial charge in [0, 0.05) is 31.4 Å². The van der Waals surface area contributed by atoms with Gasteiger partial charge in [-0.05, 0) is 28.5 Å². The summed E-state index contributed by atoms with van der Waals surface area (Å²) in [7, 11) is 1.70. The Morgan fingerprint density at radius 1 is 1.06 bits per heavy atom. The van der Waals surface area contributed by atoms with Crippen LogP contribution in [-0.4, -0.2) is 45.1 Å². The minimum Gasteiger partial charge on any atom is -0.471 e. The van der Waals surface area contributed by atoms with Gasteiger partial charge in [0.15, 0.2) is 0 Å². The number of nitrogens with zero attached hydrogens (tertiary/aromatic N) is 9. The predicted octanol–water partition coefficient (Wildman–Crippen LogP) is 3.36. The first-order valence-corrected chi connectivity index (χ1v) is 10.7. The van der Waals surface area contributed by atoms with Crippen LogP contribution in [0.15, 0.2) is 59.6 Å². The van der Waals surface area contributed by atoms with Gasteiger partial charge < -0.3 is 9.26 Å². The van der Waals surface area contributed by atoms with Gasteiger partial charge in [-0.15, -0.1) is 5.10 Å². The van der Waals surface area contributed by atoms with Crippen molar-refractivity contribution >= 4 is 0 Å². The molecule has 0 bridgehead atoms. The van der Waals surface area contributed by atoms with Gasteiger partial charge >= 0.3 is 6.18 Å². The summed E-state index contributed by atoms with van der Waals surface area (Å²) in [4.78, 5) is 8.20. The molecule has 1 aromatic carbocycles. The first kappa shape index (κ1) is 23.1. The van der Waals surface area contributed by atoms with Gasteiger partial charge in [-0.1, -0.05) is 29.4 Å². The van der Waals surface area contributed by atoms with Crippen LogP contribution in [0, 0.1) is 0 Å². The van der Waals surface area contributed by atoms with Gasteiger partial charge in [0.05, 0.1) is 23.0 Å². The maximum absolute atomic E-state index is 12.7. The monoisotopic (exact) mass is 497 g/mol. The van der Waals surface area contributed by atoms with Gasteiger partial charge in [-0.25, -0.2) is 9.67 Å². The van der Waals surface area contributed by atoms with E-state index in [2.05, 4.69) is 35.7 Å². The maximum Gasteiger partial charge on any atom is 0.417 e. The molecular weight excluding hydrogens is 479 g/mol. The molecule has 4 aromatic heterocycles. The molecule has 36 heavy (non-hydrogen) atoms. The van der Waals surface area contributed by atoms with E-state index >= 15 is 0 Å². The summed E-state index contributed by atoms with van der Waals surface area (Å²) < 4.78 is 52.4. The number of ether oxygens (including phenoxy) is 1. The second-order valence-electron chi connectivity index (χ2n) is 7.74. The van der Waals surface area contributed by atoms with Crippen molar-refractivity contribution in [3.8, 4) is 28.7 Å². The summed E-state index contributed by atoms with van der Waals surface area (Å²) in [6, 6.07) is 9.80. The molecule has 11 nitrogen and oxygen atoms in total. The highest BCUT2D eigenvalue weighted by Gasteiger charge is 2.30. The molecular formula is C22H18F3N9O2. The van der Waals surface area contributed by atoms with Crippen molar-refractivity contribution in [1.82, 2.24) is 45.1 Å². The van der Waals surface area contributed by atoms with Crippen molar-refractivity contribution < 1.29 is 22.4 Å². The highest BCUT2D eigenvalue weighted by Crippen LogP contribution is 2.30. The number of rotatable bonds is 8. The normalized spacial score (nSPS) is 11.7. The second kappa shape index (κ2) is 9.56. The number of pyridine rings is 1. The number of hydrogen-bond donors (Lipinski definition) is 0. The lowest BCUT2D eigenvalue weighted by molar-refractivity contribution is -0.137. The molecule has 0 fully saturated rings. The minimum absolute atomic E-state index is 0.0160. The van der Waals surface area contributed by atoms with Crippen LogP contribution >= 0.6 is 0 Å². The van der Waals surface area contributed by atoms with Crippen molar-refractivity contribution in [2.24, 2.45) is 7.05 Å². The fourth-order valence-electron chi connectivity index (χ4n) is 3.39. The Bertz CT molecular complexity index is 1430. The van der Waals surface area contributed by atoms with E-state index in [1.165, 1.54) is 0 Å². The lowest BCUT2D eigenvalue weighted by atomic mass is 10.1. The summed E-state index contributed by atoms with van der Waals surface area (Å²) in [6.07, 6.45) is 0.133. The molecule has 184 valence electrons. The number of hydrogen-bond acceptors (Lipinski definition) is 9. The van der Waals surface area contributed by atoms with E-state index in [1.54, 1.807) is 28.9 Å². The Kier molecular flexibility index (Phi) is 6.14. The van der Waals surface area contributed by atoms with E-state index in [-0.39, 0.29) is 18.4 Å². The predicted molar refractivity (Wildman–Crippen MR) is 117 cm³/mol. The second-order valence-corrected chi connectivity index (χ2v) is 7.74. The van der Waals surface area contributed by atoms with Gasteiger partial charge in [0.1, 0.15) is 12.9 Å². The molecule has 0 aliphatic carbocycles. The van der Waals surface area contributed by atoms with Crippen molar-refractivity contribution in [1.29, 1.82) is 0 Å². The molecule has 0 saturated carbocycles. The Balaban J connectivity index is 1.27. The van der Waals surface area contributed by atoms with Crippen LogP contribution in [0.2, 0.25) is 0 Å². The molecule has 0 spiro atoms. The zero-order chi connectivity index (χ0) is 25.1. The SMILES string of the molecule is Cn1ncc(-c2nc(-c3ccc(CCn4cnnn4)cc3)no2)c1COc1ccc(C(F)(F)F)cn1. The summed E-state index contributed by atoms with van der Waals surface area (Å²) >= 11 is 0. The minimum atomic E-state index is -4.47. The van der Waals surface area contributed by atoms with E-state index in [0.717, 1.165) is 35.9 Å². The third kappa shape index (κ3) is 5.06. The summed E-state index contributed by atoms with van der Waals surface area (Å²) in [5, 5.41) is 19.3. The van der Waals surface area contributed by atoms with E-state index in [1.807, 2.05) is 24.3 Å². The molecule has 5 aromatic rings. The number of benzene rings is 1. The van der Waals surface area contributed by atoms with Crippen molar-refractivity contribution in [2.75, 3.05) is 0 Å². The molecule has 4 heterocycles. The number of aromatic nitrogens is 9. The van der Waals surface area contributed by atoms with Crippen molar-refractivity contribution in [3.63, 3.8) is 0 Å². The number of tetrazole rings is 1. The fourth-order valence-corrected chi connectivity index (χ4v) is 3.39. The van der Waals surface area contributed by atoms with Crippen LogP contribution < -0.4 is 4.74 Å². The maximum atomic E-state index is 12.7. The Labute approximate surface area is 201 Å². The lowest BCUT2D eigenvalue weighted by Gasteiger charge is -2.09. The molecule has 0 saturated heterocycles. The van der Waals surface area contributed by atoms with E-state index in [0.29, 0.717) is 23.6 Å². The fraction of sp³-hybridized carbons (Fsp3) is 0.227. The van der Waals surface area contributed by atoms with Gasteiger partial charge in [-0.2, -0.15) is 23.3 Å². The first-order chi connectivity index (χ1) is 17.4. The Morgan fingerprint density at radius 3 is 2.58 bits per heavy atom. The molecule has 0 aliphatic rings. The van der Waals surface area contributed by atoms with Crippen molar-refractivity contribution in [2.45, 2.75) is 25.7 Å². The molecule has 0 radical (unpaired) electrons. The summed E-state index contributed by atoms with van der Waals surface area (Å²) in [6.45, 7) is 0.643. The van der Waals surface area contributed by atoms with Gasteiger partial charge in [0.2, 0.25) is 11.7 Å². The molecule has 0 unspecified atom stereocenters. The molecule has 14 heteroatoms. The van der Waals surface area contributed by atoms with Crippen LogP contribution in [0.4, 0.5) is 13.2 Å². The standard InChI is InChI=1S/C22H18F3N9O2/c1-33-18(12-35-19-7-6-16(10-26-19)22(23,24)25)17(11-28-33)21-29-20(30-36-21)15-4-2-14(3-5-15)8-9-34-13-27-31-32-34/h2-7,10-11,13H,8-9,12H2,1H3. The topological polar surface area (TPSA) is 122 Å². The average molecular weight is 497 g/mol. The number of aryl methyl sites for hydroxylation is 3. The molecule has 0 N–H and O–H groups in total. The lowest BCUT2D eigenvalue weighted by Crippen LogP contribution is -2.07. The zero-order valence-corrected chi connectivity index (χ0v) is 18.8. The quantitative estimate of drug-likeness (QED) is 0.318. The Morgan fingerprint density at radius 2 is 1.89 bits per heavy atom.